The van der Waals surface area contributed by atoms with E-state index in [9.17, 15) is 4.79 Å². The molecule has 0 aliphatic heterocycles. The molecule has 1 aromatic rings. The molecule has 5 nitrogen and oxygen atoms in total. The Balaban J connectivity index is 0. The Labute approximate surface area is 151 Å². The molecule has 5 N–H and O–H groups in total. The predicted octanol–water partition coefficient (Wildman–Crippen LogP) is 2.40. The van der Waals surface area contributed by atoms with Gasteiger partial charge in [0, 0.05) is 6.54 Å². The molecule has 0 aromatic heterocycles. The fourth-order valence-electron chi connectivity index (χ4n) is 1.99. The second-order valence-corrected chi connectivity index (χ2v) is 5.73. The molecule has 0 radical (unpaired) electrons. The molecule has 0 heterocycles. The van der Waals surface area contributed by atoms with E-state index in [1.54, 1.807) is 6.92 Å². The van der Waals surface area contributed by atoms with Crippen molar-refractivity contribution >= 4 is 36.6 Å². The monoisotopic (exact) mass is 362 g/mol. The third kappa shape index (κ3) is 10.2. The fourth-order valence-corrected chi connectivity index (χ4v) is 1.99. The third-order valence-corrected chi connectivity index (χ3v) is 3.03. The van der Waals surface area contributed by atoms with E-state index in [4.69, 9.17) is 11.5 Å². The van der Waals surface area contributed by atoms with Gasteiger partial charge in [-0.15, -0.1) is 24.8 Å². The molecule has 1 rings (SSSR count). The van der Waals surface area contributed by atoms with Crippen LogP contribution in [-0.2, 0) is 17.9 Å². The van der Waals surface area contributed by atoms with E-state index in [0.29, 0.717) is 31.3 Å². The Bertz CT molecular complexity index is 503. The van der Waals surface area contributed by atoms with Crippen LogP contribution in [0.5, 0.6) is 0 Å². The van der Waals surface area contributed by atoms with Crippen molar-refractivity contribution in [3.8, 4) is 0 Å². The maximum Gasteiger partial charge on any atom is 0.237 e. The summed E-state index contributed by atoms with van der Waals surface area (Å²) < 4.78 is 0. The number of carbonyl (C=O) groups excluding carboxylic acids is 1. The lowest BCUT2D eigenvalue weighted by molar-refractivity contribution is -0.122. The van der Waals surface area contributed by atoms with E-state index in [1.165, 1.54) is 0 Å². The van der Waals surface area contributed by atoms with Gasteiger partial charge in [-0.3, -0.25) is 9.79 Å². The minimum absolute atomic E-state index is 0. The molecule has 1 aromatic carbocycles. The van der Waals surface area contributed by atoms with Crippen molar-refractivity contribution in [3.63, 3.8) is 0 Å². The zero-order valence-corrected chi connectivity index (χ0v) is 15.5. The summed E-state index contributed by atoms with van der Waals surface area (Å²) in [5.41, 5.74) is 13.5. The average molecular weight is 363 g/mol. The van der Waals surface area contributed by atoms with Crippen molar-refractivity contribution in [2.75, 3.05) is 0 Å². The minimum Gasteiger partial charge on any atom is -0.388 e. The summed E-state index contributed by atoms with van der Waals surface area (Å²) >= 11 is 0. The first-order valence-electron chi connectivity index (χ1n) is 7.26. The number of amidine groups is 1. The molecular weight excluding hydrogens is 335 g/mol. The van der Waals surface area contributed by atoms with Crippen molar-refractivity contribution in [2.45, 2.75) is 46.3 Å². The first kappa shape index (κ1) is 24.0. The van der Waals surface area contributed by atoms with E-state index < -0.39 is 6.04 Å². The molecule has 0 bridgehead atoms. The molecule has 0 aliphatic carbocycles. The van der Waals surface area contributed by atoms with E-state index in [0.717, 1.165) is 11.1 Å². The molecule has 0 saturated heterocycles. The highest BCUT2D eigenvalue weighted by Crippen LogP contribution is 2.07. The summed E-state index contributed by atoms with van der Waals surface area (Å²) in [4.78, 5) is 16.1. The molecule has 0 spiro atoms. The van der Waals surface area contributed by atoms with Crippen molar-refractivity contribution in [1.29, 1.82) is 0 Å². The van der Waals surface area contributed by atoms with Gasteiger partial charge >= 0.3 is 0 Å². The van der Waals surface area contributed by atoms with E-state index in [2.05, 4.69) is 24.2 Å². The Morgan fingerprint density at radius 2 is 1.87 bits per heavy atom. The maximum atomic E-state index is 11.9. The van der Waals surface area contributed by atoms with Gasteiger partial charge in [-0.2, -0.15) is 0 Å². The maximum absolute atomic E-state index is 11.9. The van der Waals surface area contributed by atoms with Gasteiger partial charge in [0.2, 0.25) is 5.91 Å². The highest BCUT2D eigenvalue weighted by Gasteiger charge is 2.14. The zero-order chi connectivity index (χ0) is 15.8. The van der Waals surface area contributed by atoms with Crippen molar-refractivity contribution in [1.82, 2.24) is 5.32 Å². The van der Waals surface area contributed by atoms with Crippen LogP contribution < -0.4 is 16.8 Å². The second-order valence-electron chi connectivity index (χ2n) is 5.73. The second kappa shape index (κ2) is 12.2. The topological polar surface area (TPSA) is 93.5 Å². The van der Waals surface area contributed by atoms with Crippen molar-refractivity contribution < 1.29 is 4.79 Å². The molecule has 23 heavy (non-hydrogen) atoms. The molecule has 132 valence electrons. The summed E-state index contributed by atoms with van der Waals surface area (Å²) in [5, 5.41) is 2.87. The van der Waals surface area contributed by atoms with Crippen LogP contribution >= 0.6 is 24.8 Å². The standard InChI is InChI=1S/C16H26N4O.2ClH/c1-11(2)7-15(18)16(21)20-10-14-6-4-5-13(8-14)9-19-12(3)17;;/h4-6,8,11,15H,7,9-10,18H2,1-3H3,(H2,17,19)(H,20,21);2*1H/t15-;;/m0../s1. The number of aliphatic imine (C=N–C) groups is 1. The smallest absolute Gasteiger partial charge is 0.237 e. The number of benzene rings is 1. The SMILES string of the molecule is CC(N)=NCc1cccc(CNC(=O)[C@@H](N)CC(C)C)c1.Cl.Cl. The first-order chi connectivity index (χ1) is 9.88. The lowest BCUT2D eigenvalue weighted by atomic mass is 10.0. The number of nitrogens with two attached hydrogens (primary N) is 2. The van der Waals surface area contributed by atoms with Gasteiger partial charge in [-0.25, -0.2) is 0 Å². The number of nitrogens with one attached hydrogen (secondary N) is 1. The number of hydrogen-bond acceptors (Lipinski definition) is 3. The van der Waals surface area contributed by atoms with Crippen LogP contribution in [-0.4, -0.2) is 17.8 Å². The Kier molecular flexibility index (Phi) is 12.7. The Morgan fingerprint density at radius 3 is 2.43 bits per heavy atom. The van der Waals surface area contributed by atoms with Gasteiger partial charge in [-0.1, -0.05) is 38.1 Å². The van der Waals surface area contributed by atoms with Crippen LogP contribution in [0.4, 0.5) is 0 Å². The van der Waals surface area contributed by atoms with Crippen LogP contribution in [0.2, 0.25) is 0 Å². The largest absolute Gasteiger partial charge is 0.388 e. The van der Waals surface area contributed by atoms with Crippen molar-refractivity contribution in [3.05, 3.63) is 35.4 Å². The number of amides is 1. The summed E-state index contributed by atoms with van der Waals surface area (Å²) in [5.74, 6) is 0.865. The summed E-state index contributed by atoms with van der Waals surface area (Å²) in [6.07, 6.45) is 0.691. The minimum atomic E-state index is -0.447. The van der Waals surface area contributed by atoms with Gasteiger partial charge in [0.15, 0.2) is 0 Å². The normalized spacial score (nSPS) is 12.1. The van der Waals surface area contributed by atoms with Gasteiger partial charge in [0.25, 0.3) is 0 Å². The van der Waals surface area contributed by atoms with Crippen LogP contribution in [0.25, 0.3) is 0 Å². The predicted molar refractivity (Wildman–Crippen MR) is 101 cm³/mol. The van der Waals surface area contributed by atoms with E-state index in [-0.39, 0.29) is 30.7 Å². The number of hydrogen-bond donors (Lipinski definition) is 3. The van der Waals surface area contributed by atoms with Crippen LogP contribution in [0.1, 0.15) is 38.3 Å². The molecule has 0 saturated carbocycles. The molecule has 7 heteroatoms. The Hall–Kier alpha value is -1.30. The average Bonchev–Trinajstić information content (AvgIpc) is 2.42. The molecule has 1 amide bonds. The first-order valence-corrected chi connectivity index (χ1v) is 7.26. The number of carbonyl (C=O) groups is 1. The zero-order valence-electron chi connectivity index (χ0n) is 13.9. The molecule has 0 fully saturated rings. The highest BCUT2D eigenvalue weighted by atomic mass is 35.5. The van der Waals surface area contributed by atoms with Gasteiger partial charge in [-0.05, 0) is 30.4 Å². The molecule has 1 atom stereocenters. The summed E-state index contributed by atoms with van der Waals surface area (Å²) in [6, 6.07) is 7.48. The lowest BCUT2D eigenvalue weighted by Crippen LogP contribution is -2.41. The van der Waals surface area contributed by atoms with Gasteiger partial charge < -0.3 is 16.8 Å². The van der Waals surface area contributed by atoms with Crippen LogP contribution in [0, 0.1) is 5.92 Å². The number of nitrogens with zero attached hydrogens (tertiary/aromatic N) is 1. The quantitative estimate of drug-likeness (QED) is 0.513. The van der Waals surface area contributed by atoms with Gasteiger partial charge in [0.1, 0.15) is 0 Å². The van der Waals surface area contributed by atoms with Crippen molar-refractivity contribution in [2.24, 2.45) is 22.4 Å². The fraction of sp³-hybridized carbons (Fsp3) is 0.500. The Morgan fingerprint density at radius 1 is 1.26 bits per heavy atom. The van der Waals surface area contributed by atoms with Crippen LogP contribution in [0.3, 0.4) is 0 Å². The molecule has 0 aliphatic rings. The van der Waals surface area contributed by atoms with Gasteiger partial charge in [0.05, 0.1) is 18.4 Å². The molecular formula is C16H28Cl2N4O. The van der Waals surface area contributed by atoms with E-state index >= 15 is 0 Å². The lowest BCUT2D eigenvalue weighted by Gasteiger charge is -2.14. The number of halogens is 2. The summed E-state index contributed by atoms with van der Waals surface area (Å²) in [7, 11) is 0. The van der Waals surface area contributed by atoms with Crippen LogP contribution in [0.15, 0.2) is 29.3 Å². The van der Waals surface area contributed by atoms with E-state index in [1.807, 2.05) is 24.3 Å². The number of rotatable bonds is 7. The highest BCUT2D eigenvalue weighted by molar-refractivity contribution is 5.85. The summed E-state index contributed by atoms with van der Waals surface area (Å²) in [6.45, 7) is 6.90. The molecule has 0 unspecified atom stereocenters. The third-order valence-electron chi connectivity index (χ3n) is 3.03.